The topological polar surface area (TPSA) is 62.3 Å². The Bertz CT molecular complexity index is 823. The molecular formula is C19H20BrN3O2. The van der Waals surface area contributed by atoms with Gasteiger partial charge in [-0.05, 0) is 67.4 Å². The van der Waals surface area contributed by atoms with Crippen molar-refractivity contribution in [3.8, 4) is 0 Å². The van der Waals surface area contributed by atoms with Gasteiger partial charge >= 0.3 is 0 Å². The molecule has 1 aromatic carbocycles. The maximum atomic E-state index is 12.7. The Hall–Kier alpha value is -2.21. The van der Waals surface area contributed by atoms with E-state index in [1.54, 1.807) is 30.5 Å². The zero-order valence-corrected chi connectivity index (χ0v) is 16.2. The van der Waals surface area contributed by atoms with Gasteiger partial charge in [-0.1, -0.05) is 12.1 Å². The fourth-order valence-corrected chi connectivity index (χ4v) is 3.47. The molecule has 130 valence electrons. The number of carbonyl (C=O) groups is 2. The van der Waals surface area contributed by atoms with Crippen LogP contribution in [0.3, 0.4) is 0 Å². The van der Waals surface area contributed by atoms with E-state index in [0.717, 1.165) is 10.0 Å². The second-order valence-electron chi connectivity index (χ2n) is 7.17. The van der Waals surface area contributed by atoms with E-state index in [4.69, 9.17) is 0 Å². The molecule has 0 spiro atoms. The molecule has 0 radical (unpaired) electrons. The van der Waals surface area contributed by atoms with Crippen molar-refractivity contribution >= 4 is 33.6 Å². The van der Waals surface area contributed by atoms with Crippen LogP contribution < -0.4 is 5.32 Å². The first-order valence-corrected chi connectivity index (χ1v) is 8.89. The molecule has 3 rings (SSSR count). The fourth-order valence-electron chi connectivity index (χ4n) is 2.93. The molecule has 1 aliphatic rings. The highest BCUT2D eigenvalue weighted by Crippen LogP contribution is 2.35. The summed E-state index contributed by atoms with van der Waals surface area (Å²) in [6.45, 7) is 7.99. The first kappa shape index (κ1) is 17.6. The minimum absolute atomic E-state index is 0.142. The fraction of sp³-hybridized carbons (Fsp3) is 0.316. The van der Waals surface area contributed by atoms with E-state index in [1.165, 1.54) is 4.90 Å². The van der Waals surface area contributed by atoms with Crippen LogP contribution in [0.1, 0.15) is 60.0 Å². The number of nitrogens with zero attached hydrogens (tertiary/aromatic N) is 2. The van der Waals surface area contributed by atoms with Crippen LogP contribution in [-0.4, -0.2) is 27.2 Å². The maximum Gasteiger partial charge on any atom is 0.262 e. The van der Waals surface area contributed by atoms with Gasteiger partial charge in [0.15, 0.2) is 0 Å². The number of anilines is 1. The van der Waals surface area contributed by atoms with Crippen LogP contribution in [0.25, 0.3) is 0 Å². The number of amides is 2. The van der Waals surface area contributed by atoms with E-state index >= 15 is 0 Å². The van der Waals surface area contributed by atoms with Crippen LogP contribution in [0, 0.1) is 0 Å². The predicted octanol–water partition coefficient (Wildman–Crippen LogP) is 4.41. The van der Waals surface area contributed by atoms with Gasteiger partial charge in [-0.2, -0.15) is 0 Å². The zero-order chi connectivity index (χ0) is 18.4. The zero-order valence-electron chi connectivity index (χ0n) is 14.6. The highest BCUT2D eigenvalue weighted by Gasteiger charge is 2.39. The molecule has 25 heavy (non-hydrogen) atoms. The third-order valence-electron chi connectivity index (χ3n) is 4.05. The second kappa shape index (κ2) is 6.26. The van der Waals surface area contributed by atoms with E-state index in [0.29, 0.717) is 16.9 Å². The van der Waals surface area contributed by atoms with Gasteiger partial charge in [0, 0.05) is 16.2 Å². The van der Waals surface area contributed by atoms with Crippen molar-refractivity contribution in [3.05, 3.63) is 57.7 Å². The van der Waals surface area contributed by atoms with E-state index in [1.807, 2.05) is 33.8 Å². The monoisotopic (exact) mass is 401 g/mol. The summed E-state index contributed by atoms with van der Waals surface area (Å²) in [6, 6.07) is 8.39. The van der Waals surface area contributed by atoms with Crippen LogP contribution in [0.4, 0.5) is 5.82 Å². The van der Waals surface area contributed by atoms with Crippen molar-refractivity contribution in [2.45, 2.75) is 39.3 Å². The quantitative estimate of drug-likeness (QED) is 0.773. The van der Waals surface area contributed by atoms with Crippen molar-refractivity contribution in [1.29, 1.82) is 0 Å². The van der Waals surface area contributed by atoms with Crippen LogP contribution in [0.2, 0.25) is 0 Å². The molecule has 1 aliphatic heterocycles. The summed E-state index contributed by atoms with van der Waals surface area (Å²) in [7, 11) is 0. The second-order valence-corrected chi connectivity index (χ2v) is 8.02. The smallest absolute Gasteiger partial charge is 0.262 e. The number of nitrogens with one attached hydrogen (secondary N) is 1. The highest BCUT2D eigenvalue weighted by atomic mass is 79.9. The number of halogens is 1. The average molecular weight is 402 g/mol. The number of hydrogen-bond acceptors (Lipinski definition) is 4. The minimum Gasteiger partial charge on any atom is -0.365 e. The summed E-state index contributed by atoms with van der Waals surface area (Å²) < 4.78 is 0.760. The number of aromatic nitrogens is 1. The van der Waals surface area contributed by atoms with Crippen LogP contribution in [0.15, 0.2) is 41.0 Å². The lowest BCUT2D eigenvalue weighted by molar-refractivity contribution is 0.0594. The Labute approximate surface area is 155 Å². The molecular weight excluding hydrogens is 382 g/mol. The minimum atomic E-state index is -0.412. The molecule has 1 aromatic heterocycles. The molecule has 2 amide bonds. The third kappa shape index (κ3) is 3.31. The predicted molar refractivity (Wildman–Crippen MR) is 101 cm³/mol. The molecule has 0 aliphatic carbocycles. The van der Waals surface area contributed by atoms with Crippen LogP contribution in [-0.2, 0) is 0 Å². The van der Waals surface area contributed by atoms with Crippen molar-refractivity contribution in [1.82, 2.24) is 9.88 Å². The third-order valence-corrected chi connectivity index (χ3v) is 4.71. The van der Waals surface area contributed by atoms with Gasteiger partial charge in [0.25, 0.3) is 11.8 Å². The summed E-state index contributed by atoms with van der Waals surface area (Å²) in [5, 5.41) is 3.31. The summed E-state index contributed by atoms with van der Waals surface area (Å²) in [5.74, 6) is 0.179. The Morgan fingerprint density at radius 3 is 2.20 bits per heavy atom. The number of benzene rings is 1. The van der Waals surface area contributed by atoms with E-state index in [-0.39, 0.29) is 17.4 Å². The lowest BCUT2D eigenvalue weighted by Crippen LogP contribution is -2.33. The van der Waals surface area contributed by atoms with Crippen LogP contribution >= 0.6 is 15.9 Å². The Kier molecular flexibility index (Phi) is 4.41. The Balaban J connectivity index is 1.97. The van der Waals surface area contributed by atoms with Gasteiger partial charge < -0.3 is 5.32 Å². The van der Waals surface area contributed by atoms with Gasteiger partial charge in [0.2, 0.25) is 0 Å². The molecule has 0 fully saturated rings. The summed E-state index contributed by atoms with van der Waals surface area (Å²) in [6.07, 6.45) is 1.69. The Morgan fingerprint density at radius 2 is 1.68 bits per heavy atom. The number of carbonyl (C=O) groups excluding carboxylic acids is 2. The first-order valence-electron chi connectivity index (χ1n) is 8.09. The number of imide groups is 1. The number of rotatable bonds is 3. The molecule has 0 saturated heterocycles. The van der Waals surface area contributed by atoms with E-state index in [9.17, 15) is 9.59 Å². The SMILES string of the molecule is CC(c1cc(NC(C)(C)C)ncc1Br)N1C(=O)c2ccccc2C1=O. The van der Waals surface area contributed by atoms with Gasteiger partial charge in [-0.3, -0.25) is 14.5 Å². The molecule has 6 heteroatoms. The molecule has 1 unspecified atom stereocenters. The maximum absolute atomic E-state index is 12.7. The molecule has 2 aromatic rings. The van der Waals surface area contributed by atoms with Crippen LogP contribution in [0.5, 0.6) is 0 Å². The van der Waals surface area contributed by atoms with E-state index < -0.39 is 6.04 Å². The summed E-state index contributed by atoms with van der Waals surface area (Å²) in [5.41, 5.74) is 1.60. The number of fused-ring (bicyclic) bond motifs is 1. The molecule has 2 heterocycles. The lowest BCUT2D eigenvalue weighted by atomic mass is 10.1. The number of hydrogen-bond donors (Lipinski definition) is 1. The van der Waals surface area contributed by atoms with Gasteiger partial charge in [-0.25, -0.2) is 4.98 Å². The Morgan fingerprint density at radius 1 is 1.12 bits per heavy atom. The van der Waals surface area contributed by atoms with Gasteiger partial charge in [0.05, 0.1) is 17.2 Å². The van der Waals surface area contributed by atoms with Crippen molar-refractivity contribution in [3.63, 3.8) is 0 Å². The molecule has 1 N–H and O–H groups in total. The van der Waals surface area contributed by atoms with E-state index in [2.05, 4.69) is 26.2 Å². The average Bonchev–Trinajstić information content (AvgIpc) is 2.79. The molecule has 1 atom stereocenters. The molecule has 5 nitrogen and oxygen atoms in total. The summed E-state index contributed by atoms with van der Waals surface area (Å²) in [4.78, 5) is 31.1. The summed E-state index contributed by atoms with van der Waals surface area (Å²) >= 11 is 3.49. The van der Waals surface area contributed by atoms with Crippen molar-refractivity contribution in [2.24, 2.45) is 0 Å². The first-order chi connectivity index (χ1) is 11.7. The molecule has 0 bridgehead atoms. The lowest BCUT2D eigenvalue weighted by Gasteiger charge is -2.26. The van der Waals surface area contributed by atoms with Gasteiger partial charge in [0.1, 0.15) is 5.82 Å². The molecule has 0 saturated carbocycles. The van der Waals surface area contributed by atoms with Crippen molar-refractivity contribution < 1.29 is 9.59 Å². The standard InChI is InChI=1S/C19H20BrN3O2/c1-11(14-9-16(21-10-15(14)20)22-19(2,3)4)23-17(24)12-7-5-6-8-13(12)18(23)25/h5-11H,1-4H3,(H,21,22). The van der Waals surface area contributed by atoms with Crippen molar-refractivity contribution in [2.75, 3.05) is 5.32 Å². The highest BCUT2D eigenvalue weighted by molar-refractivity contribution is 9.10. The largest absolute Gasteiger partial charge is 0.365 e. The van der Waals surface area contributed by atoms with Gasteiger partial charge in [-0.15, -0.1) is 0 Å². The number of pyridine rings is 1. The normalized spacial score (nSPS) is 15.3.